The smallest absolute Gasteiger partial charge is 0.223 e. The molecule has 4 heteroatoms. The van der Waals surface area contributed by atoms with E-state index in [4.69, 9.17) is 0 Å². The molecular weight excluding hydrogens is 382 g/mol. The first kappa shape index (κ1) is 19.6. The fourth-order valence-corrected chi connectivity index (χ4v) is 4.80. The maximum atomic E-state index is 12.9. The first-order valence-electron chi connectivity index (χ1n) is 11.1. The van der Waals surface area contributed by atoms with E-state index in [9.17, 15) is 4.79 Å². The van der Waals surface area contributed by atoms with Crippen LogP contribution in [0.3, 0.4) is 0 Å². The molecule has 1 unspecified atom stereocenters. The van der Waals surface area contributed by atoms with E-state index in [1.165, 1.54) is 33.3 Å². The predicted octanol–water partition coefficient (Wildman–Crippen LogP) is 4.55. The van der Waals surface area contributed by atoms with E-state index in [1.54, 1.807) is 0 Å². The van der Waals surface area contributed by atoms with Crippen LogP contribution in [-0.2, 0) is 30.6 Å². The van der Waals surface area contributed by atoms with E-state index in [1.807, 2.05) is 30.6 Å². The van der Waals surface area contributed by atoms with Crippen molar-refractivity contribution >= 4 is 16.8 Å². The number of pyridine rings is 1. The largest absolute Gasteiger partial charge is 0.356 e. The molecule has 0 saturated carbocycles. The van der Waals surface area contributed by atoms with Crippen LogP contribution >= 0.6 is 0 Å². The SMILES string of the molecule is O=C(NCCc1ccccc1)C1CCc2c(c3ccccc3n2Cc2ccncc2)C1. The predicted molar refractivity (Wildman–Crippen MR) is 124 cm³/mol. The molecule has 1 amide bonds. The lowest BCUT2D eigenvalue weighted by molar-refractivity contribution is -0.125. The Labute approximate surface area is 182 Å². The number of carbonyl (C=O) groups excluding carboxylic acids is 1. The van der Waals surface area contributed by atoms with Gasteiger partial charge in [-0.15, -0.1) is 0 Å². The number of amides is 1. The number of para-hydroxylation sites is 1. The Morgan fingerprint density at radius 2 is 1.74 bits per heavy atom. The zero-order chi connectivity index (χ0) is 21.0. The number of benzene rings is 2. The molecule has 1 N–H and O–H groups in total. The van der Waals surface area contributed by atoms with Gasteiger partial charge in [0, 0.05) is 48.0 Å². The van der Waals surface area contributed by atoms with Crippen molar-refractivity contribution < 1.29 is 4.79 Å². The van der Waals surface area contributed by atoms with E-state index < -0.39 is 0 Å². The lowest BCUT2D eigenvalue weighted by Gasteiger charge is -2.23. The fraction of sp³-hybridized carbons (Fsp3) is 0.259. The van der Waals surface area contributed by atoms with Crippen LogP contribution in [0.15, 0.2) is 79.1 Å². The van der Waals surface area contributed by atoms with E-state index >= 15 is 0 Å². The van der Waals surface area contributed by atoms with Crippen molar-refractivity contribution in [2.45, 2.75) is 32.2 Å². The van der Waals surface area contributed by atoms with Crippen LogP contribution in [0.1, 0.15) is 28.8 Å². The highest BCUT2D eigenvalue weighted by Gasteiger charge is 2.29. The lowest BCUT2D eigenvalue weighted by atomic mass is 9.85. The van der Waals surface area contributed by atoms with Crippen molar-refractivity contribution in [3.63, 3.8) is 0 Å². The van der Waals surface area contributed by atoms with Gasteiger partial charge in [0.1, 0.15) is 0 Å². The maximum absolute atomic E-state index is 12.9. The quantitative estimate of drug-likeness (QED) is 0.508. The molecule has 4 aromatic rings. The zero-order valence-electron chi connectivity index (χ0n) is 17.6. The van der Waals surface area contributed by atoms with Gasteiger partial charge in [-0.25, -0.2) is 0 Å². The molecule has 0 bridgehead atoms. The molecular formula is C27H27N3O. The highest BCUT2D eigenvalue weighted by Crippen LogP contribution is 2.35. The van der Waals surface area contributed by atoms with E-state index in [-0.39, 0.29) is 11.8 Å². The fourth-order valence-electron chi connectivity index (χ4n) is 4.80. The second-order valence-electron chi connectivity index (χ2n) is 8.35. The maximum Gasteiger partial charge on any atom is 0.223 e. The monoisotopic (exact) mass is 409 g/mol. The van der Waals surface area contributed by atoms with Gasteiger partial charge in [-0.05, 0) is 60.6 Å². The average Bonchev–Trinajstić information content (AvgIpc) is 3.13. The van der Waals surface area contributed by atoms with Crippen molar-refractivity contribution in [2.75, 3.05) is 6.54 Å². The summed E-state index contributed by atoms with van der Waals surface area (Å²) in [4.78, 5) is 17.1. The normalized spacial score (nSPS) is 15.5. The summed E-state index contributed by atoms with van der Waals surface area (Å²) in [6.45, 7) is 1.53. The summed E-state index contributed by atoms with van der Waals surface area (Å²) < 4.78 is 2.43. The van der Waals surface area contributed by atoms with Crippen molar-refractivity contribution in [3.8, 4) is 0 Å². The second-order valence-corrected chi connectivity index (χ2v) is 8.35. The van der Waals surface area contributed by atoms with Gasteiger partial charge < -0.3 is 9.88 Å². The van der Waals surface area contributed by atoms with Crippen LogP contribution in [0.2, 0.25) is 0 Å². The third-order valence-electron chi connectivity index (χ3n) is 6.39. The third-order valence-corrected chi connectivity index (χ3v) is 6.39. The Kier molecular flexibility index (Phi) is 5.53. The molecule has 1 aliphatic rings. The Morgan fingerprint density at radius 3 is 2.58 bits per heavy atom. The zero-order valence-corrected chi connectivity index (χ0v) is 17.6. The molecule has 0 radical (unpaired) electrons. The van der Waals surface area contributed by atoms with Crippen LogP contribution < -0.4 is 5.32 Å². The molecule has 1 aliphatic carbocycles. The molecule has 1 atom stereocenters. The Morgan fingerprint density at radius 1 is 0.968 bits per heavy atom. The summed E-state index contributed by atoms with van der Waals surface area (Å²) in [7, 11) is 0. The number of nitrogens with one attached hydrogen (secondary N) is 1. The van der Waals surface area contributed by atoms with E-state index in [2.05, 4.69) is 63.4 Å². The van der Waals surface area contributed by atoms with Gasteiger partial charge in [0.05, 0.1) is 0 Å². The Balaban J connectivity index is 1.33. The summed E-state index contributed by atoms with van der Waals surface area (Å²) in [5.74, 6) is 0.232. The molecule has 31 heavy (non-hydrogen) atoms. The second kappa shape index (κ2) is 8.76. The molecule has 5 rings (SSSR count). The molecule has 0 fully saturated rings. The number of nitrogens with zero attached hydrogens (tertiary/aromatic N) is 2. The van der Waals surface area contributed by atoms with Crippen molar-refractivity contribution in [1.82, 2.24) is 14.9 Å². The van der Waals surface area contributed by atoms with E-state index in [0.717, 1.165) is 32.2 Å². The number of hydrogen-bond donors (Lipinski definition) is 1. The van der Waals surface area contributed by atoms with Gasteiger partial charge in [0.15, 0.2) is 0 Å². The van der Waals surface area contributed by atoms with E-state index in [0.29, 0.717) is 6.54 Å². The summed E-state index contributed by atoms with van der Waals surface area (Å²) >= 11 is 0. The van der Waals surface area contributed by atoms with Gasteiger partial charge in [-0.2, -0.15) is 0 Å². The van der Waals surface area contributed by atoms with Gasteiger partial charge >= 0.3 is 0 Å². The molecule has 0 saturated heterocycles. The highest BCUT2D eigenvalue weighted by molar-refractivity contribution is 5.87. The number of carbonyl (C=O) groups is 1. The molecule has 2 aromatic heterocycles. The molecule has 0 aliphatic heterocycles. The summed E-state index contributed by atoms with van der Waals surface area (Å²) in [5, 5.41) is 4.46. The molecule has 4 nitrogen and oxygen atoms in total. The molecule has 156 valence electrons. The molecule has 2 heterocycles. The molecule has 2 aromatic carbocycles. The summed E-state index contributed by atoms with van der Waals surface area (Å²) in [6.07, 6.45) is 7.22. The minimum atomic E-state index is 0.0449. The standard InChI is InChI=1S/C27H27N3O/c31-27(29-17-14-20-6-2-1-3-7-20)22-10-11-26-24(18-22)23-8-4-5-9-25(23)30(26)19-21-12-15-28-16-13-21/h1-9,12-13,15-16,22H,10-11,14,17-19H2,(H,29,31). The van der Waals surface area contributed by atoms with Crippen LogP contribution in [0.25, 0.3) is 10.9 Å². The van der Waals surface area contributed by atoms with Crippen molar-refractivity contribution in [3.05, 3.63) is 102 Å². The van der Waals surface area contributed by atoms with Gasteiger partial charge in [-0.3, -0.25) is 9.78 Å². The first-order chi connectivity index (χ1) is 15.3. The van der Waals surface area contributed by atoms with Crippen LogP contribution in [0, 0.1) is 5.92 Å². The lowest BCUT2D eigenvalue weighted by Crippen LogP contribution is -2.35. The van der Waals surface area contributed by atoms with Gasteiger partial charge in [0.2, 0.25) is 5.91 Å². The van der Waals surface area contributed by atoms with Gasteiger partial charge in [0.25, 0.3) is 0 Å². The third kappa shape index (κ3) is 4.11. The Hall–Kier alpha value is -3.40. The number of rotatable bonds is 6. The van der Waals surface area contributed by atoms with Crippen LogP contribution in [0.4, 0.5) is 0 Å². The first-order valence-corrected chi connectivity index (χ1v) is 11.1. The molecule has 0 spiro atoms. The number of fused-ring (bicyclic) bond motifs is 3. The van der Waals surface area contributed by atoms with Crippen LogP contribution in [-0.4, -0.2) is 22.0 Å². The van der Waals surface area contributed by atoms with Crippen molar-refractivity contribution in [1.29, 1.82) is 0 Å². The highest BCUT2D eigenvalue weighted by atomic mass is 16.1. The minimum absolute atomic E-state index is 0.0449. The average molecular weight is 410 g/mol. The van der Waals surface area contributed by atoms with Crippen LogP contribution in [0.5, 0.6) is 0 Å². The Bertz CT molecular complexity index is 1180. The number of hydrogen-bond acceptors (Lipinski definition) is 2. The van der Waals surface area contributed by atoms with Crippen molar-refractivity contribution in [2.24, 2.45) is 5.92 Å². The minimum Gasteiger partial charge on any atom is -0.356 e. The summed E-state index contributed by atoms with van der Waals surface area (Å²) in [5.41, 5.74) is 6.49. The topological polar surface area (TPSA) is 46.9 Å². The van der Waals surface area contributed by atoms with Gasteiger partial charge in [-0.1, -0.05) is 48.5 Å². The summed E-state index contributed by atoms with van der Waals surface area (Å²) in [6, 6.07) is 23.1. The number of aromatic nitrogens is 2.